The smallest absolute Gasteiger partial charge is 0.244 e. The van der Waals surface area contributed by atoms with Gasteiger partial charge in [0.05, 0.1) is 4.90 Å². The van der Waals surface area contributed by atoms with E-state index in [9.17, 15) is 13.2 Å². The Morgan fingerprint density at radius 3 is 2.62 bits per heavy atom. The minimum Gasteiger partial charge on any atom is -0.341 e. The first kappa shape index (κ1) is 19.4. The van der Waals surface area contributed by atoms with Crippen molar-refractivity contribution in [3.8, 4) is 0 Å². The van der Waals surface area contributed by atoms with Crippen LogP contribution in [0.1, 0.15) is 43.2 Å². The van der Waals surface area contributed by atoms with Gasteiger partial charge in [0.1, 0.15) is 0 Å². The molecule has 144 valence electrons. The summed E-state index contributed by atoms with van der Waals surface area (Å²) in [6.07, 6.45) is 3.41. The molecule has 1 aromatic carbocycles. The van der Waals surface area contributed by atoms with E-state index in [0.717, 1.165) is 36.9 Å². The summed E-state index contributed by atoms with van der Waals surface area (Å²) in [4.78, 5) is 15.6. The molecule has 1 atom stereocenters. The van der Waals surface area contributed by atoms with Crippen LogP contribution in [0.15, 0.2) is 23.1 Å². The van der Waals surface area contributed by atoms with Crippen LogP contribution in [0.2, 0.25) is 0 Å². The van der Waals surface area contributed by atoms with E-state index >= 15 is 0 Å². The molecule has 1 amide bonds. The molecule has 1 aliphatic carbocycles. The first-order chi connectivity index (χ1) is 12.3. The highest BCUT2D eigenvalue weighted by Gasteiger charge is 2.55. The number of nitrogens with zero attached hydrogens (tertiary/aromatic N) is 1. The molecule has 3 rings (SSSR count). The van der Waals surface area contributed by atoms with Gasteiger partial charge < -0.3 is 10.2 Å². The summed E-state index contributed by atoms with van der Waals surface area (Å²) in [5.74, 6) is 0.236. The molecule has 6 heteroatoms. The molecule has 1 heterocycles. The Kier molecular flexibility index (Phi) is 5.45. The number of hydrogen-bond acceptors (Lipinski definition) is 4. The Hall–Kier alpha value is -1.40. The normalized spacial score (nSPS) is 22.7. The van der Waals surface area contributed by atoms with Crippen molar-refractivity contribution in [1.29, 1.82) is 0 Å². The van der Waals surface area contributed by atoms with Crippen LogP contribution in [0.4, 0.5) is 0 Å². The van der Waals surface area contributed by atoms with Crippen LogP contribution < -0.4 is 5.32 Å². The lowest BCUT2D eigenvalue weighted by Crippen LogP contribution is -2.52. The molecule has 0 bridgehead atoms. The second kappa shape index (κ2) is 7.31. The first-order valence-electron chi connectivity index (χ1n) is 9.58. The van der Waals surface area contributed by atoms with Crippen molar-refractivity contribution in [2.24, 2.45) is 5.92 Å². The van der Waals surface area contributed by atoms with Crippen molar-refractivity contribution in [3.05, 3.63) is 29.3 Å². The highest BCUT2D eigenvalue weighted by Crippen LogP contribution is 2.43. The number of likely N-dealkylation sites (tertiary alicyclic amines) is 1. The number of nitrogens with one attached hydrogen (secondary N) is 1. The summed E-state index contributed by atoms with van der Waals surface area (Å²) in [5, 5.41) is 3.16. The van der Waals surface area contributed by atoms with E-state index in [-0.39, 0.29) is 5.91 Å². The zero-order chi connectivity index (χ0) is 18.9. The van der Waals surface area contributed by atoms with Gasteiger partial charge in [0, 0.05) is 13.1 Å². The van der Waals surface area contributed by atoms with Gasteiger partial charge in [-0.3, -0.25) is 4.79 Å². The third kappa shape index (κ3) is 3.18. The van der Waals surface area contributed by atoms with Gasteiger partial charge in [-0.05, 0) is 69.8 Å². The predicted molar refractivity (Wildman–Crippen MR) is 103 cm³/mol. The van der Waals surface area contributed by atoms with Crippen molar-refractivity contribution >= 4 is 15.7 Å². The number of hydrogen-bond donors (Lipinski definition) is 1. The standard InChI is InChI=1S/C20H30N2O3S/c1-15-6-7-16(2)18(12-15)26(24,25)20(9-4-5-10-20)19(23)22-11-8-17(14-22)13-21-3/h6-7,12,17,21H,4-5,8-11,13-14H2,1-3H3/t17-/m0/s1. The number of sulfone groups is 1. The van der Waals surface area contributed by atoms with E-state index < -0.39 is 14.6 Å². The average molecular weight is 379 g/mol. The lowest BCUT2D eigenvalue weighted by atomic mass is 10.1. The fourth-order valence-electron chi connectivity index (χ4n) is 4.51. The first-order valence-corrected chi connectivity index (χ1v) is 11.1. The quantitative estimate of drug-likeness (QED) is 0.855. The minimum absolute atomic E-state index is 0.172. The van der Waals surface area contributed by atoms with Crippen molar-refractivity contribution < 1.29 is 13.2 Å². The van der Waals surface area contributed by atoms with Gasteiger partial charge in [0.25, 0.3) is 0 Å². The Balaban J connectivity index is 1.97. The summed E-state index contributed by atoms with van der Waals surface area (Å²) in [5.41, 5.74) is 1.63. The predicted octanol–water partition coefficient (Wildman–Crippen LogP) is 2.46. The molecule has 26 heavy (non-hydrogen) atoms. The highest BCUT2D eigenvalue weighted by atomic mass is 32.2. The minimum atomic E-state index is -3.73. The molecule has 0 spiro atoms. The molecular formula is C20H30N2O3S. The summed E-state index contributed by atoms with van der Waals surface area (Å²) < 4.78 is 26.1. The van der Waals surface area contributed by atoms with Gasteiger partial charge in [-0.2, -0.15) is 0 Å². The average Bonchev–Trinajstić information content (AvgIpc) is 3.27. The van der Waals surface area contributed by atoms with Gasteiger partial charge in [0.15, 0.2) is 14.6 Å². The van der Waals surface area contributed by atoms with Gasteiger partial charge in [-0.1, -0.05) is 25.0 Å². The molecule has 1 N–H and O–H groups in total. The number of aryl methyl sites for hydroxylation is 2. The SMILES string of the molecule is CNC[C@@H]1CCN(C(=O)C2(S(=O)(=O)c3cc(C)ccc3C)CCCC2)C1. The van der Waals surface area contributed by atoms with Crippen LogP contribution >= 0.6 is 0 Å². The monoisotopic (exact) mass is 378 g/mol. The van der Waals surface area contributed by atoms with Crippen molar-refractivity contribution in [2.75, 3.05) is 26.7 Å². The Morgan fingerprint density at radius 1 is 1.27 bits per heavy atom. The van der Waals surface area contributed by atoms with Crippen molar-refractivity contribution in [3.63, 3.8) is 0 Å². The van der Waals surface area contributed by atoms with Gasteiger partial charge >= 0.3 is 0 Å². The maximum atomic E-state index is 13.7. The van der Waals surface area contributed by atoms with Crippen LogP contribution in [0.5, 0.6) is 0 Å². The van der Waals surface area contributed by atoms with E-state index in [1.165, 1.54) is 0 Å². The summed E-state index contributed by atoms with van der Waals surface area (Å²) in [7, 11) is -1.82. The van der Waals surface area contributed by atoms with E-state index in [0.29, 0.717) is 36.7 Å². The molecule has 1 aromatic rings. The maximum Gasteiger partial charge on any atom is 0.244 e. The summed E-state index contributed by atoms with van der Waals surface area (Å²) in [6, 6.07) is 5.49. The van der Waals surface area contributed by atoms with Gasteiger partial charge in [-0.25, -0.2) is 8.42 Å². The van der Waals surface area contributed by atoms with E-state index in [4.69, 9.17) is 0 Å². The molecule has 0 unspecified atom stereocenters. The second-order valence-electron chi connectivity index (χ2n) is 7.94. The van der Waals surface area contributed by atoms with Gasteiger partial charge in [0.2, 0.25) is 5.91 Å². The fraction of sp³-hybridized carbons (Fsp3) is 0.650. The number of amides is 1. The van der Waals surface area contributed by atoms with Crippen LogP contribution in [0, 0.1) is 19.8 Å². The van der Waals surface area contributed by atoms with E-state index in [1.807, 2.05) is 33.0 Å². The Labute approximate surface area is 157 Å². The van der Waals surface area contributed by atoms with Crippen molar-refractivity contribution in [1.82, 2.24) is 10.2 Å². The molecule has 2 aliphatic rings. The molecule has 1 saturated carbocycles. The molecule has 1 aliphatic heterocycles. The third-order valence-electron chi connectivity index (χ3n) is 6.01. The van der Waals surface area contributed by atoms with E-state index in [2.05, 4.69) is 5.32 Å². The number of rotatable bonds is 5. The van der Waals surface area contributed by atoms with E-state index in [1.54, 1.807) is 11.0 Å². The van der Waals surface area contributed by atoms with Crippen molar-refractivity contribution in [2.45, 2.75) is 55.6 Å². The second-order valence-corrected chi connectivity index (χ2v) is 10.2. The summed E-state index contributed by atoms with van der Waals surface area (Å²) >= 11 is 0. The molecule has 2 fully saturated rings. The lowest BCUT2D eigenvalue weighted by molar-refractivity contribution is -0.133. The lowest BCUT2D eigenvalue weighted by Gasteiger charge is -2.32. The molecule has 0 radical (unpaired) electrons. The zero-order valence-electron chi connectivity index (χ0n) is 16.0. The highest BCUT2D eigenvalue weighted by molar-refractivity contribution is 7.93. The van der Waals surface area contributed by atoms with Crippen LogP contribution in [-0.2, 0) is 14.6 Å². The topological polar surface area (TPSA) is 66.5 Å². The largest absolute Gasteiger partial charge is 0.341 e. The third-order valence-corrected chi connectivity index (χ3v) is 8.64. The maximum absolute atomic E-state index is 13.7. The number of carbonyl (C=O) groups excluding carboxylic acids is 1. The Bertz CT molecular complexity index is 782. The zero-order valence-corrected chi connectivity index (χ0v) is 16.9. The van der Waals surface area contributed by atoms with Gasteiger partial charge in [-0.15, -0.1) is 0 Å². The fourth-order valence-corrected chi connectivity index (χ4v) is 6.95. The molecule has 1 saturated heterocycles. The van der Waals surface area contributed by atoms with Crippen LogP contribution in [-0.4, -0.2) is 50.7 Å². The number of carbonyl (C=O) groups is 1. The molecule has 0 aromatic heterocycles. The Morgan fingerprint density at radius 2 is 1.96 bits per heavy atom. The molecule has 5 nitrogen and oxygen atoms in total. The molecular weight excluding hydrogens is 348 g/mol. The van der Waals surface area contributed by atoms with Crippen LogP contribution in [0.3, 0.4) is 0 Å². The summed E-state index contributed by atoms with van der Waals surface area (Å²) in [6.45, 7) is 5.89. The number of benzene rings is 1. The van der Waals surface area contributed by atoms with Crippen LogP contribution in [0.25, 0.3) is 0 Å².